The number of carbonyl (C=O) groups excluding carboxylic acids is 1. The number of hydrogen-bond donors (Lipinski definition) is 0. The monoisotopic (exact) mass is 281 g/mol. The summed E-state index contributed by atoms with van der Waals surface area (Å²) >= 11 is 0. The number of halogens is 2. The minimum atomic E-state index is -3.35. The van der Waals surface area contributed by atoms with Crippen molar-refractivity contribution >= 4 is 11.6 Å². The molecule has 20 heavy (non-hydrogen) atoms. The van der Waals surface area contributed by atoms with E-state index < -0.39 is 11.8 Å². The van der Waals surface area contributed by atoms with Crippen LogP contribution in [0.25, 0.3) is 0 Å². The summed E-state index contributed by atoms with van der Waals surface area (Å²) in [7, 11) is 0. The van der Waals surface area contributed by atoms with E-state index in [9.17, 15) is 13.6 Å². The van der Waals surface area contributed by atoms with Crippen LogP contribution in [0.3, 0.4) is 0 Å². The minimum absolute atomic E-state index is 0.0548. The number of nitrogens with zero attached hydrogens (tertiary/aromatic N) is 1. The second-order valence-corrected chi connectivity index (χ2v) is 5.06. The summed E-state index contributed by atoms with van der Waals surface area (Å²) in [6.07, 6.45) is 4.83. The lowest BCUT2D eigenvalue weighted by Gasteiger charge is -2.31. The van der Waals surface area contributed by atoms with E-state index >= 15 is 0 Å². The van der Waals surface area contributed by atoms with Crippen LogP contribution >= 0.6 is 0 Å². The predicted octanol–water partition coefficient (Wildman–Crippen LogP) is 4.48. The van der Waals surface area contributed by atoms with E-state index in [1.807, 2.05) is 13.8 Å². The Balaban J connectivity index is 0.000000704. The molecule has 1 saturated carbocycles. The van der Waals surface area contributed by atoms with E-state index in [2.05, 4.69) is 0 Å². The SMILES string of the molecule is CC.O=C1N(C2CCCCC2)c2ccccc2C1(F)F. The Morgan fingerprint density at radius 2 is 1.70 bits per heavy atom. The lowest BCUT2D eigenvalue weighted by molar-refractivity contribution is -0.142. The first-order chi connectivity index (χ1) is 9.62. The van der Waals surface area contributed by atoms with E-state index in [0.717, 1.165) is 32.1 Å². The van der Waals surface area contributed by atoms with Crippen molar-refractivity contribution in [1.82, 2.24) is 0 Å². The molecule has 1 aromatic rings. The molecular formula is C16H21F2NO. The Labute approximate surface area is 118 Å². The van der Waals surface area contributed by atoms with Gasteiger partial charge >= 0.3 is 11.8 Å². The average molecular weight is 281 g/mol. The summed E-state index contributed by atoms with van der Waals surface area (Å²) in [6.45, 7) is 4.00. The molecule has 0 unspecified atom stereocenters. The van der Waals surface area contributed by atoms with Gasteiger partial charge in [-0.2, -0.15) is 8.78 Å². The number of hydrogen-bond acceptors (Lipinski definition) is 1. The largest absolute Gasteiger partial charge is 0.352 e. The molecule has 0 N–H and O–H groups in total. The van der Waals surface area contributed by atoms with Gasteiger partial charge in [-0.15, -0.1) is 0 Å². The summed E-state index contributed by atoms with van der Waals surface area (Å²) in [5.74, 6) is -4.40. The van der Waals surface area contributed by atoms with Crippen molar-refractivity contribution in [1.29, 1.82) is 0 Å². The molecule has 0 saturated heterocycles. The third-order valence-electron chi connectivity index (χ3n) is 3.93. The molecule has 3 rings (SSSR count). The highest BCUT2D eigenvalue weighted by Gasteiger charge is 2.54. The van der Waals surface area contributed by atoms with E-state index in [1.165, 1.54) is 11.0 Å². The summed E-state index contributed by atoms with van der Waals surface area (Å²) in [4.78, 5) is 13.3. The Morgan fingerprint density at radius 3 is 2.35 bits per heavy atom. The lowest BCUT2D eigenvalue weighted by Crippen LogP contribution is -2.43. The van der Waals surface area contributed by atoms with Gasteiger partial charge in [-0.05, 0) is 18.9 Å². The highest BCUT2D eigenvalue weighted by atomic mass is 19.3. The summed E-state index contributed by atoms with van der Waals surface area (Å²) in [5, 5.41) is 0. The number of rotatable bonds is 1. The molecule has 1 aliphatic heterocycles. The molecule has 0 atom stereocenters. The van der Waals surface area contributed by atoms with Gasteiger partial charge in [-0.3, -0.25) is 4.79 Å². The van der Waals surface area contributed by atoms with Crippen LogP contribution in [0, 0.1) is 0 Å². The number of alkyl halides is 2. The van der Waals surface area contributed by atoms with Crippen LogP contribution < -0.4 is 4.90 Å². The van der Waals surface area contributed by atoms with E-state index in [1.54, 1.807) is 18.2 Å². The number of anilines is 1. The quantitative estimate of drug-likeness (QED) is 0.743. The van der Waals surface area contributed by atoms with Crippen molar-refractivity contribution in [2.24, 2.45) is 0 Å². The molecule has 0 bridgehead atoms. The standard InChI is InChI=1S/C14H15F2NO.C2H6/c15-14(16)11-8-4-5-9-12(11)17(13(14)18)10-6-2-1-3-7-10;1-2/h4-5,8-10H,1-3,6-7H2;1-2H3. The molecule has 1 heterocycles. The van der Waals surface area contributed by atoms with Crippen LogP contribution in [0.1, 0.15) is 51.5 Å². The van der Waals surface area contributed by atoms with Gasteiger partial charge in [0.05, 0.1) is 11.3 Å². The topological polar surface area (TPSA) is 20.3 Å². The molecule has 1 aliphatic carbocycles. The molecule has 0 radical (unpaired) electrons. The fourth-order valence-electron chi connectivity index (χ4n) is 3.03. The zero-order chi connectivity index (χ0) is 14.8. The molecule has 0 spiro atoms. The van der Waals surface area contributed by atoms with Crippen LogP contribution in [-0.2, 0) is 10.7 Å². The number of fused-ring (bicyclic) bond motifs is 1. The molecule has 0 aromatic heterocycles. The molecule has 1 fully saturated rings. The molecular weight excluding hydrogens is 260 g/mol. The van der Waals surface area contributed by atoms with Crippen molar-refractivity contribution in [3.05, 3.63) is 29.8 Å². The van der Waals surface area contributed by atoms with Crippen molar-refractivity contribution < 1.29 is 13.6 Å². The van der Waals surface area contributed by atoms with E-state index in [-0.39, 0.29) is 11.6 Å². The Hall–Kier alpha value is -1.45. The first-order valence-electron chi connectivity index (χ1n) is 7.43. The Bertz CT molecular complexity index is 481. The third-order valence-corrected chi connectivity index (χ3v) is 3.93. The Morgan fingerprint density at radius 1 is 1.10 bits per heavy atom. The zero-order valence-corrected chi connectivity index (χ0v) is 12.0. The predicted molar refractivity (Wildman–Crippen MR) is 76.0 cm³/mol. The number of benzene rings is 1. The highest BCUT2D eigenvalue weighted by molar-refractivity contribution is 6.06. The number of para-hydroxylation sites is 1. The average Bonchev–Trinajstić information content (AvgIpc) is 2.70. The molecule has 4 heteroatoms. The van der Waals surface area contributed by atoms with Gasteiger partial charge in [0.25, 0.3) is 0 Å². The Kier molecular flexibility index (Phi) is 4.41. The van der Waals surface area contributed by atoms with Crippen LogP contribution in [-0.4, -0.2) is 11.9 Å². The summed E-state index contributed by atoms with van der Waals surface area (Å²) in [5.41, 5.74) is 0.264. The summed E-state index contributed by atoms with van der Waals surface area (Å²) in [6, 6.07) is 6.20. The van der Waals surface area contributed by atoms with Gasteiger partial charge < -0.3 is 4.90 Å². The maximum Gasteiger partial charge on any atom is 0.352 e. The van der Waals surface area contributed by atoms with Crippen LogP contribution in [0.15, 0.2) is 24.3 Å². The molecule has 2 nitrogen and oxygen atoms in total. The lowest BCUT2D eigenvalue weighted by atomic mass is 9.94. The first kappa shape index (κ1) is 14.9. The third kappa shape index (κ3) is 2.32. The normalized spacial score (nSPS) is 21.2. The van der Waals surface area contributed by atoms with Gasteiger partial charge in [0.1, 0.15) is 0 Å². The van der Waals surface area contributed by atoms with Crippen molar-refractivity contribution in [2.45, 2.75) is 57.9 Å². The van der Waals surface area contributed by atoms with Crippen LogP contribution in [0.2, 0.25) is 0 Å². The maximum atomic E-state index is 13.9. The second-order valence-electron chi connectivity index (χ2n) is 5.06. The van der Waals surface area contributed by atoms with Gasteiger partial charge in [0.15, 0.2) is 0 Å². The van der Waals surface area contributed by atoms with Gasteiger partial charge in [-0.1, -0.05) is 51.3 Å². The fourth-order valence-corrected chi connectivity index (χ4v) is 3.03. The highest BCUT2D eigenvalue weighted by Crippen LogP contribution is 2.46. The van der Waals surface area contributed by atoms with E-state index in [4.69, 9.17) is 0 Å². The number of carbonyl (C=O) groups is 1. The summed E-state index contributed by atoms with van der Waals surface area (Å²) < 4.78 is 27.9. The first-order valence-corrected chi connectivity index (χ1v) is 7.43. The van der Waals surface area contributed by atoms with Crippen molar-refractivity contribution in [2.75, 3.05) is 4.90 Å². The van der Waals surface area contributed by atoms with Gasteiger partial charge in [-0.25, -0.2) is 0 Å². The number of amides is 1. The van der Waals surface area contributed by atoms with E-state index in [0.29, 0.717) is 5.69 Å². The van der Waals surface area contributed by atoms with Gasteiger partial charge in [0.2, 0.25) is 0 Å². The van der Waals surface area contributed by atoms with Crippen molar-refractivity contribution in [3.8, 4) is 0 Å². The smallest absolute Gasteiger partial charge is 0.303 e. The fraction of sp³-hybridized carbons (Fsp3) is 0.562. The van der Waals surface area contributed by atoms with Crippen molar-refractivity contribution in [3.63, 3.8) is 0 Å². The zero-order valence-electron chi connectivity index (χ0n) is 12.0. The molecule has 110 valence electrons. The minimum Gasteiger partial charge on any atom is -0.303 e. The molecule has 2 aliphatic rings. The maximum absolute atomic E-state index is 13.9. The molecule has 1 amide bonds. The van der Waals surface area contributed by atoms with Gasteiger partial charge in [0, 0.05) is 6.04 Å². The second kappa shape index (κ2) is 5.90. The molecule has 1 aromatic carbocycles. The van der Waals surface area contributed by atoms with Crippen LogP contribution in [0.4, 0.5) is 14.5 Å². The van der Waals surface area contributed by atoms with Crippen LogP contribution in [0.5, 0.6) is 0 Å².